The summed E-state index contributed by atoms with van der Waals surface area (Å²) in [6, 6.07) is 13.7. The van der Waals surface area contributed by atoms with Crippen molar-refractivity contribution < 1.29 is 9.59 Å². The minimum Gasteiger partial charge on any atom is -0.341 e. The van der Waals surface area contributed by atoms with E-state index in [0.717, 1.165) is 48.3 Å². The summed E-state index contributed by atoms with van der Waals surface area (Å²) in [5, 5.41) is 0. The van der Waals surface area contributed by atoms with E-state index < -0.39 is 0 Å². The Hall–Kier alpha value is -2.62. The fourth-order valence-electron chi connectivity index (χ4n) is 3.50. The molecule has 142 valence electrons. The number of amides is 2. The number of aryl methyl sites for hydroxylation is 3. The lowest BCUT2D eigenvalue weighted by molar-refractivity contribution is -0.130. The Labute approximate surface area is 161 Å². The molecule has 4 heteroatoms. The molecule has 0 atom stereocenters. The Kier molecular flexibility index (Phi) is 5.94. The number of carbonyl (C=O) groups excluding carboxylic acids is 2. The van der Waals surface area contributed by atoms with Crippen molar-refractivity contribution in [2.75, 3.05) is 24.5 Å². The first kappa shape index (κ1) is 19.2. The van der Waals surface area contributed by atoms with Gasteiger partial charge >= 0.3 is 0 Å². The molecule has 0 bridgehead atoms. The van der Waals surface area contributed by atoms with Gasteiger partial charge in [0.15, 0.2) is 0 Å². The Balaban J connectivity index is 1.91. The summed E-state index contributed by atoms with van der Waals surface area (Å²) in [6.45, 7) is 7.59. The van der Waals surface area contributed by atoms with E-state index in [1.54, 1.807) is 4.90 Å². The highest BCUT2D eigenvalue weighted by Crippen LogP contribution is 2.21. The van der Waals surface area contributed by atoms with Crippen molar-refractivity contribution in [2.24, 2.45) is 0 Å². The predicted molar refractivity (Wildman–Crippen MR) is 109 cm³/mol. The van der Waals surface area contributed by atoms with Crippen molar-refractivity contribution in [1.29, 1.82) is 0 Å². The lowest BCUT2D eigenvalue weighted by Crippen LogP contribution is -2.45. The molecule has 0 aromatic heterocycles. The normalized spacial score (nSPS) is 14.1. The fraction of sp³-hybridized carbons (Fsp3) is 0.391. The highest BCUT2D eigenvalue weighted by atomic mass is 16.2. The molecule has 2 amide bonds. The SMILES string of the molecule is Cc1ccc(N(CC(=O)N2CCCCC2)C(=O)c2cc(C)ccc2C)cc1. The Morgan fingerprint density at radius 3 is 2.19 bits per heavy atom. The van der Waals surface area contributed by atoms with Gasteiger partial charge in [-0.3, -0.25) is 14.5 Å². The average Bonchev–Trinajstić information content (AvgIpc) is 2.69. The maximum Gasteiger partial charge on any atom is 0.259 e. The molecule has 0 saturated carbocycles. The third-order valence-electron chi connectivity index (χ3n) is 5.22. The van der Waals surface area contributed by atoms with Crippen LogP contribution in [-0.4, -0.2) is 36.3 Å². The molecule has 2 aromatic rings. The topological polar surface area (TPSA) is 40.6 Å². The first-order chi connectivity index (χ1) is 13.0. The fourth-order valence-corrected chi connectivity index (χ4v) is 3.50. The van der Waals surface area contributed by atoms with E-state index in [1.165, 1.54) is 6.42 Å². The van der Waals surface area contributed by atoms with Gasteiger partial charge in [-0.1, -0.05) is 35.4 Å². The number of piperidine rings is 1. The molecule has 0 aliphatic carbocycles. The molecule has 27 heavy (non-hydrogen) atoms. The van der Waals surface area contributed by atoms with Crippen LogP contribution in [0.5, 0.6) is 0 Å². The maximum atomic E-state index is 13.4. The van der Waals surface area contributed by atoms with Gasteiger partial charge in [-0.25, -0.2) is 0 Å². The number of carbonyl (C=O) groups is 2. The zero-order valence-electron chi connectivity index (χ0n) is 16.5. The van der Waals surface area contributed by atoms with Gasteiger partial charge in [0.2, 0.25) is 5.91 Å². The summed E-state index contributed by atoms with van der Waals surface area (Å²) >= 11 is 0. The third kappa shape index (κ3) is 4.57. The summed E-state index contributed by atoms with van der Waals surface area (Å²) in [5.74, 6) is -0.0978. The first-order valence-corrected chi connectivity index (χ1v) is 9.69. The second-order valence-electron chi connectivity index (χ2n) is 7.49. The molecule has 1 aliphatic heterocycles. The predicted octanol–water partition coefficient (Wildman–Crippen LogP) is 4.27. The van der Waals surface area contributed by atoms with Crippen LogP contribution in [0.3, 0.4) is 0 Å². The number of benzene rings is 2. The van der Waals surface area contributed by atoms with E-state index in [9.17, 15) is 9.59 Å². The van der Waals surface area contributed by atoms with Gasteiger partial charge in [-0.05, 0) is 63.8 Å². The van der Waals surface area contributed by atoms with Crippen molar-refractivity contribution >= 4 is 17.5 Å². The smallest absolute Gasteiger partial charge is 0.259 e. The monoisotopic (exact) mass is 364 g/mol. The largest absolute Gasteiger partial charge is 0.341 e. The molecular formula is C23H28N2O2. The van der Waals surface area contributed by atoms with Gasteiger partial charge in [0.25, 0.3) is 5.91 Å². The summed E-state index contributed by atoms with van der Waals surface area (Å²) < 4.78 is 0. The molecule has 1 heterocycles. The number of rotatable bonds is 4. The molecule has 0 spiro atoms. The van der Waals surface area contributed by atoms with Crippen LogP contribution in [0.15, 0.2) is 42.5 Å². The van der Waals surface area contributed by atoms with Crippen LogP contribution in [0.4, 0.5) is 5.69 Å². The molecule has 1 aliphatic rings. The van der Waals surface area contributed by atoms with Crippen molar-refractivity contribution in [3.05, 3.63) is 64.7 Å². The highest BCUT2D eigenvalue weighted by Gasteiger charge is 2.25. The Morgan fingerprint density at radius 1 is 0.889 bits per heavy atom. The van der Waals surface area contributed by atoms with E-state index in [4.69, 9.17) is 0 Å². The molecule has 0 unspecified atom stereocenters. The minimum absolute atomic E-state index is 0.0222. The molecule has 1 fully saturated rings. The van der Waals surface area contributed by atoms with Crippen molar-refractivity contribution in [3.63, 3.8) is 0 Å². The molecule has 0 N–H and O–H groups in total. The van der Waals surface area contributed by atoms with Crippen LogP contribution >= 0.6 is 0 Å². The summed E-state index contributed by atoms with van der Waals surface area (Å²) in [6.07, 6.45) is 3.26. The van der Waals surface area contributed by atoms with Gasteiger partial charge < -0.3 is 4.90 Å². The van der Waals surface area contributed by atoms with Crippen LogP contribution in [0.1, 0.15) is 46.3 Å². The lowest BCUT2D eigenvalue weighted by atomic mass is 10.0. The molecule has 1 saturated heterocycles. The Bertz CT molecular complexity index is 821. The standard InChI is InChI=1S/C23H28N2O2/c1-17-8-11-20(12-9-17)25(16-22(26)24-13-5-4-6-14-24)23(27)21-15-18(2)7-10-19(21)3/h7-12,15H,4-6,13-14,16H2,1-3H3. The van der Waals surface area contributed by atoms with Crippen LogP contribution in [-0.2, 0) is 4.79 Å². The van der Waals surface area contributed by atoms with E-state index in [0.29, 0.717) is 5.56 Å². The van der Waals surface area contributed by atoms with Crippen molar-refractivity contribution in [3.8, 4) is 0 Å². The van der Waals surface area contributed by atoms with Crippen LogP contribution < -0.4 is 4.90 Å². The van der Waals surface area contributed by atoms with E-state index in [1.807, 2.05) is 68.1 Å². The summed E-state index contributed by atoms with van der Waals surface area (Å²) in [5.41, 5.74) is 4.50. The third-order valence-corrected chi connectivity index (χ3v) is 5.22. The van der Waals surface area contributed by atoms with Gasteiger partial charge in [-0.15, -0.1) is 0 Å². The number of hydrogen-bond acceptors (Lipinski definition) is 2. The first-order valence-electron chi connectivity index (χ1n) is 9.69. The molecule has 3 rings (SSSR count). The molecule has 4 nitrogen and oxygen atoms in total. The van der Waals surface area contributed by atoms with Gasteiger partial charge in [0.05, 0.1) is 0 Å². The zero-order valence-corrected chi connectivity index (χ0v) is 16.5. The van der Waals surface area contributed by atoms with E-state index in [2.05, 4.69) is 0 Å². The summed E-state index contributed by atoms with van der Waals surface area (Å²) in [4.78, 5) is 29.8. The maximum absolute atomic E-state index is 13.4. The van der Waals surface area contributed by atoms with Gasteiger partial charge in [0, 0.05) is 24.3 Å². The summed E-state index contributed by atoms with van der Waals surface area (Å²) in [7, 11) is 0. The second kappa shape index (κ2) is 8.38. The van der Waals surface area contributed by atoms with Crippen LogP contribution in [0, 0.1) is 20.8 Å². The molecular weight excluding hydrogens is 336 g/mol. The minimum atomic E-state index is -0.120. The van der Waals surface area contributed by atoms with Gasteiger partial charge in [-0.2, -0.15) is 0 Å². The number of nitrogens with zero attached hydrogens (tertiary/aromatic N) is 2. The number of likely N-dealkylation sites (tertiary alicyclic amines) is 1. The van der Waals surface area contributed by atoms with Gasteiger partial charge in [0.1, 0.15) is 6.54 Å². The molecule has 0 radical (unpaired) electrons. The number of hydrogen-bond donors (Lipinski definition) is 0. The van der Waals surface area contributed by atoms with Crippen molar-refractivity contribution in [1.82, 2.24) is 4.90 Å². The van der Waals surface area contributed by atoms with Crippen molar-refractivity contribution in [2.45, 2.75) is 40.0 Å². The zero-order chi connectivity index (χ0) is 19.4. The number of anilines is 1. The second-order valence-corrected chi connectivity index (χ2v) is 7.49. The lowest BCUT2D eigenvalue weighted by Gasteiger charge is -2.30. The Morgan fingerprint density at radius 2 is 1.52 bits per heavy atom. The van der Waals surface area contributed by atoms with Crippen LogP contribution in [0.25, 0.3) is 0 Å². The average molecular weight is 364 g/mol. The van der Waals surface area contributed by atoms with Crippen LogP contribution in [0.2, 0.25) is 0 Å². The highest BCUT2D eigenvalue weighted by molar-refractivity contribution is 6.09. The van der Waals surface area contributed by atoms with E-state index in [-0.39, 0.29) is 18.4 Å². The van der Waals surface area contributed by atoms with E-state index >= 15 is 0 Å². The quantitative estimate of drug-likeness (QED) is 0.813. The molecule has 2 aromatic carbocycles.